The van der Waals surface area contributed by atoms with Crippen molar-refractivity contribution in [3.63, 3.8) is 0 Å². The first kappa shape index (κ1) is 23.4. The van der Waals surface area contributed by atoms with Gasteiger partial charge in [0.2, 0.25) is 15.9 Å². The predicted molar refractivity (Wildman–Crippen MR) is 97.9 cm³/mol. The number of nitrogens with one attached hydrogen (secondary N) is 2. The molecule has 1 unspecified atom stereocenters. The summed E-state index contributed by atoms with van der Waals surface area (Å²) in [6.45, 7) is 2.32. The lowest BCUT2D eigenvalue weighted by Crippen LogP contribution is -2.32. The Morgan fingerprint density at radius 3 is 2.40 bits per heavy atom. The molecule has 10 heteroatoms. The molecule has 0 aliphatic heterocycles. The Hall–Kier alpha value is -1.55. The zero-order valence-corrected chi connectivity index (χ0v) is 16.2. The summed E-state index contributed by atoms with van der Waals surface area (Å²) >= 11 is 0. The van der Waals surface area contributed by atoms with Gasteiger partial charge in [-0.1, -0.05) is 0 Å². The van der Waals surface area contributed by atoms with Crippen molar-refractivity contribution in [2.45, 2.75) is 30.7 Å². The number of sulfonamides is 1. The van der Waals surface area contributed by atoms with Crippen LogP contribution in [0.3, 0.4) is 0 Å². The largest absolute Gasteiger partial charge is 0.493 e. The molecule has 0 aliphatic carbocycles. The average molecular weight is 396 g/mol. The third-order valence-electron chi connectivity index (χ3n) is 3.23. The van der Waals surface area contributed by atoms with Gasteiger partial charge in [-0.15, -0.1) is 12.4 Å². The lowest BCUT2D eigenvalue weighted by atomic mass is 10.2. The smallest absolute Gasteiger partial charge is 0.240 e. The predicted octanol–water partition coefficient (Wildman–Crippen LogP) is 0.648. The molecule has 1 aromatic carbocycles. The Kier molecular flexibility index (Phi) is 10.4. The fourth-order valence-corrected chi connectivity index (χ4v) is 2.94. The van der Waals surface area contributed by atoms with Crippen LogP contribution in [0.4, 0.5) is 0 Å². The van der Waals surface area contributed by atoms with Gasteiger partial charge in [-0.3, -0.25) is 4.79 Å². The molecule has 8 nitrogen and oxygen atoms in total. The molecule has 0 spiro atoms. The van der Waals surface area contributed by atoms with Crippen LogP contribution in [0.5, 0.6) is 11.5 Å². The fraction of sp³-hybridized carbons (Fsp3) is 0.533. The number of amides is 1. The summed E-state index contributed by atoms with van der Waals surface area (Å²) in [5.74, 6) is 0.518. The number of hydrogen-bond acceptors (Lipinski definition) is 6. The Balaban J connectivity index is 0.00000576. The molecule has 0 saturated carbocycles. The molecule has 1 aromatic rings. The quantitative estimate of drug-likeness (QED) is 0.535. The van der Waals surface area contributed by atoms with E-state index in [1.807, 2.05) is 6.92 Å². The second kappa shape index (κ2) is 11.1. The molecule has 0 fully saturated rings. The topological polar surface area (TPSA) is 120 Å². The second-order valence-corrected chi connectivity index (χ2v) is 7.05. The van der Waals surface area contributed by atoms with Crippen molar-refractivity contribution >= 4 is 28.3 Å². The zero-order chi connectivity index (χ0) is 18.2. The molecular formula is C15H26ClN3O5S. The summed E-state index contributed by atoms with van der Waals surface area (Å²) in [7, 11) is -0.842. The number of carbonyl (C=O) groups is 1. The number of ether oxygens (including phenoxy) is 2. The van der Waals surface area contributed by atoms with Crippen LogP contribution >= 0.6 is 12.4 Å². The molecule has 0 aromatic heterocycles. The van der Waals surface area contributed by atoms with Crippen molar-refractivity contribution in [3.05, 3.63) is 18.2 Å². The van der Waals surface area contributed by atoms with Crippen molar-refractivity contribution in [2.75, 3.05) is 27.3 Å². The van der Waals surface area contributed by atoms with Crippen LogP contribution in [0, 0.1) is 0 Å². The maximum atomic E-state index is 12.2. The normalized spacial score (nSPS) is 12.0. The summed E-state index contributed by atoms with van der Waals surface area (Å²) in [6, 6.07) is 4.29. The van der Waals surface area contributed by atoms with E-state index in [-0.39, 0.29) is 42.2 Å². The molecule has 1 amide bonds. The number of methoxy groups -OCH3 is 2. The molecular weight excluding hydrogens is 370 g/mol. The Morgan fingerprint density at radius 2 is 1.84 bits per heavy atom. The van der Waals surface area contributed by atoms with E-state index in [1.54, 1.807) is 0 Å². The molecule has 0 heterocycles. The van der Waals surface area contributed by atoms with Gasteiger partial charge in [0, 0.05) is 31.6 Å². The molecule has 1 rings (SSSR count). The van der Waals surface area contributed by atoms with Crippen molar-refractivity contribution in [1.29, 1.82) is 0 Å². The molecule has 1 atom stereocenters. The summed E-state index contributed by atoms with van der Waals surface area (Å²) in [5, 5.41) is 2.68. The second-order valence-electron chi connectivity index (χ2n) is 5.28. The molecule has 25 heavy (non-hydrogen) atoms. The van der Waals surface area contributed by atoms with E-state index in [2.05, 4.69) is 10.0 Å². The Bertz CT molecular complexity index is 653. The van der Waals surface area contributed by atoms with Crippen LogP contribution in [0.15, 0.2) is 23.1 Å². The van der Waals surface area contributed by atoms with Gasteiger partial charge in [0.1, 0.15) is 0 Å². The van der Waals surface area contributed by atoms with E-state index in [1.165, 1.54) is 32.4 Å². The standard InChI is InChI=1S/C15H25N3O5S.ClH/c1-11(16)6-8-17-15(19)7-9-18-24(20,21)12-4-5-13(22-2)14(10-12)23-3;/h4-5,10-11,18H,6-9,16H2,1-3H3,(H,17,19);1H. The fourth-order valence-electron chi connectivity index (χ4n) is 1.89. The van der Waals surface area contributed by atoms with Crippen LogP contribution in [-0.2, 0) is 14.8 Å². The van der Waals surface area contributed by atoms with Gasteiger partial charge < -0.3 is 20.5 Å². The number of halogens is 1. The number of benzene rings is 1. The molecule has 4 N–H and O–H groups in total. The number of rotatable bonds is 10. The molecule has 0 bridgehead atoms. The minimum absolute atomic E-state index is 0. The molecule has 144 valence electrons. The molecule has 0 saturated heterocycles. The van der Waals surface area contributed by atoms with Crippen LogP contribution < -0.4 is 25.2 Å². The summed E-state index contributed by atoms with van der Waals surface area (Å²) in [6.07, 6.45) is 0.717. The van der Waals surface area contributed by atoms with E-state index in [4.69, 9.17) is 15.2 Å². The van der Waals surface area contributed by atoms with E-state index in [0.29, 0.717) is 24.5 Å². The van der Waals surface area contributed by atoms with Crippen molar-refractivity contribution in [3.8, 4) is 11.5 Å². The minimum atomic E-state index is -3.73. The maximum Gasteiger partial charge on any atom is 0.240 e. The van der Waals surface area contributed by atoms with E-state index in [0.717, 1.165) is 0 Å². The Labute approximate surface area is 154 Å². The SMILES string of the molecule is COc1ccc(S(=O)(=O)NCCC(=O)NCCC(C)N)cc1OC.Cl. The third-order valence-corrected chi connectivity index (χ3v) is 4.69. The highest BCUT2D eigenvalue weighted by Crippen LogP contribution is 2.29. The molecule has 0 aliphatic rings. The van der Waals surface area contributed by atoms with E-state index < -0.39 is 10.0 Å². The number of carbonyl (C=O) groups excluding carboxylic acids is 1. The first-order valence-corrected chi connectivity index (χ1v) is 9.02. The van der Waals surface area contributed by atoms with Gasteiger partial charge in [0.05, 0.1) is 19.1 Å². The number of hydrogen-bond donors (Lipinski definition) is 3. The van der Waals surface area contributed by atoms with Gasteiger partial charge in [-0.05, 0) is 25.5 Å². The minimum Gasteiger partial charge on any atom is -0.493 e. The van der Waals surface area contributed by atoms with E-state index >= 15 is 0 Å². The highest BCUT2D eigenvalue weighted by molar-refractivity contribution is 7.89. The van der Waals surface area contributed by atoms with E-state index in [9.17, 15) is 13.2 Å². The van der Waals surface area contributed by atoms with Crippen LogP contribution in [0.25, 0.3) is 0 Å². The Morgan fingerprint density at radius 1 is 1.20 bits per heavy atom. The van der Waals surface area contributed by atoms with Gasteiger partial charge >= 0.3 is 0 Å². The highest BCUT2D eigenvalue weighted by atomic mass is 35.5. The van der Waals surface area contributed by atoms with Crippen molar-refractivity contribution in [2.24, 2.45) is 5.73 Å². The monoisotopic (exact) mass is 395 g/mol. The number of nitrogens with two attached hydrogens (primary N) is 1. The maximum absolute atomic E-state index is 12.2. The van der Waals surface area contributed by atoms with Gasteiger partial charge in [-0.2, -0.15) is 0 Å². The summed E-state index contributed by atoms with van der Waals surface area (Å²) in [4.78, 5) is 11.6. The zero-order valence-electron chi connectivity index (χ0n) is 14.6. The average Bonchev–Trinajstić information content (AvgIpc) is 2.53. The summed E-state index contributed by atoms with van der Waals surface area (Å²) < 4.78 is 37.0. The summed E-state index contributed by atoms with van der Waals surface area (Å²) in [5.41, 5.74) is 5.58. The van der Waals surface area contributed by atoms with Crippen LogP contribution in [0.2, 0.25) is 0 Å². The van der Waals surface area contributed by atoms with Crippen LogP contribution in [-0.4, -0.2) is 47.7 Å². The van der Waals surface area contributed by atoms with Gasteiger partial charge in [0.25, 0.3) is 0 Å². The first-order valence-electron chi connectivity index (χ1n) is 7.54. The van der Waals surface area contributed by atoms with Crippen molar-refractivity contribution in [1.82, 2.24) is 10.0 Å². The third kappa shape index (κ3) is 7.91. The van der Waals surface area contributed by atoms with Crippen molar-refractivity contribution < 1.29 is 22.7 Å². The highest BCUT2D eigenvalue weighted by Gasteiger charge is 2.17. The molecule has 0 radical (unpaired) electrons. The van der Waals surface area contributed by atoms with Gasteiger partial charge in [-0.25, -0.2) is 13.1 Å². The van der Waals surface area contributed by atoms with Gasteiger partial charge in [0.15, 0.2) is 11.5 Å². The lowest BCUT2D eigenvalue weighted by Gasteiger charge is -2.11. The lowest BCUT2D eigenvalue weighted by molar-refractivity contribution is -0.120. The van der Waals surface area contributed by atoms with Crippen LogP contribution in [0.1, 0.15) is 19.8 Å². The first-order chi connectivity index (χ1) is 11.3.